The van der Waals surface area contributed by atoms with E-state index in [1.165, 1.54) is 10.9 Å². The van der Waals surface area contributed by atoms with E-state index in [1.54, 1.807) is 19.2 Å². The van der Waals surface area contributed by atoms with Gasteiger partial charge in [-0.1, -0.05) is 0 Å². The molecule has 0 aliphatic rings. The van der Waals surface area contributed by atoms with Crippen LogP contribution in [-0.4, -0.2) is 44.5 Å². The fourth-order valence-electron chi connectivity index (χ4n) is 1.11. The zero-order chi connectivity index (χ0) is 12.1. The number of hydrogen-bond acceptors (Lipinski definition) is 4. The Morgan fingerprint density at radius 1 is 1.56 bits per heavy atom. The van der Waals surface area contributed by atoms with Gasteiger partial charge in [0.05, 0.1) is 6.61 Å². The minimum Gasteiger partial charge on any atom is -0.480 e. The molecule has 0 saturated heterocycles. The highest BCUT2D eigenvalue weighted by molar-refractivity contribution is 5.85. The quantitative estimate of drug-likeness (QED) is 0.598. The molecule has 0 spiro atoms. The summed E-state index contributed by atoms with van der Waals surface area (Å²) >= 11 is 0. The summed E-state index contributed by atoms with van der Waals surface area (Å²) in [6.07, 6.45) is 3.11. The van der Waals surface area contributed by atoms with Crippen molar-refractivity contribution in [3.63, 3.8) is 0 Å². The monoisotopic (exact) mass is 227 g/mol. The molecule has 0 saturated carbocycles. The van der Waals surface area contributed by atoms with Crippen LogP contribution in [0.25, 0.3) is 0 Å². The third-order valence-corrected chi connectivity index (χ3v) is 2.10. The summed E-state index contributed by atoms with van der Waals surface area (Å²) in [4.78, 5) is 22.1. The molecule has 0 bridgehead atoms. The van der Waals surface area contributed by atoms with E-state index in [1.807, 2.05) is 0 Å². The first-order chi connectivity index (χ1) is 7.56. The minimum absolute atomic E-state index is 0.509. The van der Waals surface area contributed by atoms with Gasteiger partial charge in [0.25, 0.3) is 0 Å². The molecule has 1 aromatic heterocycles. The van der Waals surface area contributed by atoms with Crippen LogP contribution < -0.4 is 5.32 Å². The van der Waals surface area contributed by atoms with Crippen molar-refractivity contribution in [1.82, 2.24) is 15.1 Å². The lowest BCUT2D eigenvalue weighted by atomic mass is 10.2. The second kappa shape index (κ2) is 5.26. The van der Waals surface area contributed by atoms with Gasteiger partial charge in [0.2, 0.25) is 5.91 Å². The van der Waals surface area contributed by atoms with Crippen LogP contribution in [0.4, 0.5) is 0 Å². The van der Waals surface area contributed by atoms with Gasteiger partial charge in [-0.3, -0.25) is 9.48 Å². The van der Waals surface area contributed by atoms with Crippen LogP contribution in [0.1, 0.15) is 13.0 Å². The molecule has 1 aromatic rings. The van der Waals surface area contributed by atoms with Crippen molar-refractivity contribution in [3.8, 4) is 0 Å². The predicted molar refractivity (Wildman–Crippen MR) is 53.6 cm³/mol. The third kappa shape index (κ3) is 2.80. The number of aliphatic hydroxyl groups is 1. The van der Waals surface area contributed by atoms with Gasteiger partial charge in [0, 0.05) is 12.4 Å². The van der Waals surface area contributed by atoms with Crippen molar-refractivity contribution in [3.05, 3.63) is 18.5 Å². The Morgan fingerprint density at radius 2 is 2.25 bits per heavy atom. The van der Waals surface area contributed by atoms with Gasteiger partial charge in [-0.2, -0.15) is 5.10 Å². The largest absolute Gasteiger partial charge is 0.480 e. The lowest BCUT2D eigenvalue weighted by Gasteiger charge is -2.16. The fraction of sp³-hybridized carbons (Fsp3) is 0.444. The number of aliphatic hydroxyl groups excluding tert-OH is 1. The molecule has 1 heterocycles. The lowest BCUT2D eigenvalue weighted by Crippen LogP contribution is -2.45. The highest BCUT2D eigenvalue weighted by atomic mass is 16.4. The van der Waals surface area contributed by atoms with Crippen LogP contribution in [-0.2, 0) is 9.59 Å². The van der Waals surface area contributed by atoms with Crippen molar-refractivity contribution >= 4 is 11.9 Å². The van der Waals surface area contributed by atoms with E-state index in [2.05, 4.69) is 10.4 Å². The maximum Gasteiger partial charge on any atom is 0.328 e. The molecule has 2 atom stereocenters. The number of aromatic nitrogens is 2. The van der Waals surface area contributed by atoms with Gasteiger partial charge in [-0.25, -0.2) is 4.79 Å². The van der Waals surface area contributed by atoms with E-state index in [9.17, 15) is 9.59 Å². The Labute approximate surface area is 91.7 Å². The van der Waals surface area contributed by atoms with Gasteiger partial charge in [-0.15, -0.1) is 0 Å². The SMILES string of the molecule is CC(C(=O)N[C@H](CO)C(=O)O)n1cccn1. The number of carboxylic acids is 1. The Morgan fingerprint density at radius 3 is 2.69 bits per heavy atom. The first-order valence-corrected chi connectivity index (χ1v) is 4.69. The number of carbonyl (C=O) groups excluding carboxylic acids is 1. The highest BCUT2D eigenvalue weighted by Crippen LogP contribution is 2.03. The summed E-state index contributed by atoms with van der Waals surface area (Å²) in [6.45, 7) is 0.936. The summed E-state index contributed by atoms with van der Waals surface area (Å²) in [5, 5.41) is 23.4. The molecular weight excluding hydrogens is 214 g/mol. The number of hydrogen-bond donors (Lipinski definition) is 3. The van der Waals surface area contributed by atoms with Crippen LogP contribution in [0.2, 0.25) is 0 Å². The Bertz CT molecular complexity index is 363. The van der Waals surface area contributed by atoms with Gasteiger partial charge >= 0.3 is 5.97 Å². The maximum atomic E-state index is 11.6. The molecule has 7 heteroatoms. The third-order valence-electron chi connectivity index (χ3n) is 2.10. The van der Waals surface area contributed by atoms with Crippen LogP contribution >= 0.6 is 0 Å². The maximum absolute atomic E-state index is 11.6. The number of aliphatic carboxylic acids is 1. The topological polar surface area (TPSA) is 104 Å². The average molecular weight is 227 g/mol. The van der Waals surface area contributed by atoms with Crippen molar-refractivity contribution in [2.75, 3.05) is 6.61 Å². The molecule has 1 amide bonds. The summed E-state index contributed by atoms with van der Waals surface area (Å²) < 4.78 is 1.39. The summed E-state index contributed by atoms with van der Waals surface area (Å²) in [5.74, 6) is -1.78. The van der Waals surface area contributed by atoms with Crippen LogP contribution in [0.3, 0.4) is 0 Å². The first-order valence-electron chi connectivity index (χ1n) is 4.69. The van der Waals surface area contributed by atoms with E-state index in [-0.39, 0.29) is 0 Å². The number of carboxylic acid groups (broad SMARTS) is 1. The smallest absolute Gasteiger partial charge is 0.328 e. The summed E-state index contributed by atoms with van der Waals surface area (Å²) in [5.41, 5.74) is 0. The van der Waals surface area contributed by atoms with Crippen LogP contribution in [0.15, 0.2) is 18.5 Å². The Kier molecular flexibility index (Phi) is 4.01. The van der Waals surface area contributed by atoms with E-state index >= 15 is 0 Å². The zero-order valence-corrected chi connectivity index (χ0v) is 8.70. The van der Waals surface area contributed by atoms with Gasteiger partial charge in [0.1, 0.15) is 12.1 Å². The molecule has 0 aliphatic heterocycles. The molecule has 1 unspecified atom stereocenters. The molecule has 1 rings (SSSR count). The van der Waals surface area contributed by atoms with Gasteiger partial charge in [0.15, 0.2) is 0 Å². The number of rotatable bonds is 5. The van der Waals surface area contributed by atoms with Crippen LogP contribution in [0.5, 0.6) is 0 Å². The number of nitrogens with zero attached hydrogens (tertiary/aromatic N) is 2. The minimum atomic E-state index is -1.29. The molecule has 0 radical (unpaired) electrons. The normalized spacial score (nSPS) is 14.1. The molecule has 0 aromatic carbocycles. The number of nitrogens with one attached hydrogen (secondary N) is 1. The standard InChI is InChI=1S/C9H13N3O4/c1-6(12-4-2-3-10-12)8(14)11-7(5-13)9(15)16/h2-4,6-7,13H,5H2,1H3,(H,11,14)(H,15,16)/t6?,7-/m1/s1. The fourth-order valence-corrected chi connectivity index (χ4v) is 1.11. The lowest BCUT2D eigenvalue weighted by molar-refractivity contribution is -0.143. The molecule has 3 N–H and O–H groups in total. The summed E-state index contributed by atoms with van der Waals surface area (Å²) in [7, 11) is 0. The predicted octanol–water partition coefficient (Wildman–Crippen LogP) is -0.994. The molecule has 0 aliphatic carbocycles. The van der Waals surface area contributed by atoms with Crippen molar-refractivity contribution in [2.45, 2.75) is 19.0 Å². The van der Waals surface area contributed by atoms with Gasteiger partial charge in [-0.05, 0) is 13.0 Å². The van der Waals surface area contributed by atoms with E-state index < -0.39 is 30.6 Å². The van der Waals surface area contributed by atoms with Gasteiger partial charge < -0.3 is 15.5 Å². The van der Waals surface area contributed by atoms with E-state index in [0.717, 1.165) is 0 Å². The number of amides is 1. The molecule has 0 fully saturated rings. The molecule has 7 nitrogen and oxygen atoms in total. The van der Waals surface area contributed by atoms with E-state index in [4.69, 9.17) is 10.2 Å². The summed E-state index contributed by atoms with van der Waals surface area (Å²) in [6, 6.07) is -0.251. The Balaban J connectivity index is 2.61. The zero-order valence-electron chi connectivity index (χ0n) is 8.70. The first kappa shape index (κ1) is 12.2. The second-order valence-electron chi connectivity index (χ2n) is 3.24. The van der Waals surface area contributed by atoms with Crippen molar-refractivity contribution in [1.29, 1.82) is 0 Å². The molecule has 88 valence electrons. The average Bonchev–Trinajstić information content (AvgIpc) is 2.77. The van der Waals surface area contributed by atoms with Crippen molar-refractivity contribution < 1.29 is 19.8 Å². The number of carbonyl (C=O) groups is 2. The second-order valence-corrected chi connectivity index (χ2v) is 3.24. The highest BCUT2D eigenvalue weighted by Gasteiger charge is 2.22. The molecule has 16 heavy (non-hydrogen) atoms. The van der Waals surface area contributed by atoms with E-state index in [0.29, 0.717) is 0 Å². The molecular formula is C9H13N3O4. The van der Waals surface area contributed by atoms with Crippen LogP contribution in [0, 0.1) is 0 Å². The van der Waals surface area contributed by atoms with Crippen molar-refractivity contribution in [2.24, 2.45) is 0 Å². The Hall–Kier alpha value is -1.89.